The van der Waals surface area contributed by atoms with Crippen molar-refractivity contribution < 1.29 is 0 Å². The molecule has 0 spiro atoms. The van der Waals surface area contributed by atoms with Crippen molar-refractivity contribution in [3.63, 3.8) is 0 Å². The third-order valence-corrected chi connectivity index (χ3v) is 4.72. The van der Waals surface area contributed by atoms with Crippen LogP contribution < -0.4 is 5.32 Å². The molecule has 0 aromatic heterocycles. The van der Waals surface area contributed by atoms with Crippen molar-refractivity contribution in [1.82, 2.24) is 10.2 Å². The van der Waals surface area contributed by atoms with E-state index in [0.29, 0.717) is 5.41 Å². The van der Waals surface area contributed by atoms with E-state index >= 15 is 0 Å². The monoisotopic (exact) mass is 280 g/mol. The first-order valence-corrected chi connectivity index (χ1v) is 7.51. The smallest absolute Gasteiger partial charge is 0.0438 e. The number of likely N-dealkylation sites (tertiary alicyclic amines) is 1. The number of piperidine rings is 1. The number of hydrogen-bond donors (Lipinski definition) is 1. The molecular formula is C16H25ClN2. The molecule has 1 aliphatic rings. The van der Waals surface area contributed by atoms with Crippen LogP contribution in [0.4, 0.5) is 0 Å². The van der Waals surface area contributed by atoms with Gasteiger partial charge in [-0.25, -0.2) is 0 Å². The molecule has 2 nitrogen and oxygen atoms in total. The maximum Gasteiger partial charge on any atom is 0.0438 e. The van der Waals surface area contributed by atoms with Crippen LogP contribution in [-0.4, -0.2) is 31.6 Å². The van der Waals surface area contributed by atoms with Gasteiger partial charge in [0.25, 0.3) is 0 Å². The topological polar surface area (TPSA) is 15.3 Å². The normalized spacial score (nSPS) is 19.6. The third-order valence-electron chi connectivity index (χ3n) is 4.31. The number of halogens is 1. The number of rotatable bonds is 4. The van der Waals surface area contributed by atoms with Crippen LogP contribution in [0.2, 0.25) is 5.02 Å². The van der Waals surface area contributed by atoms with E-state index in [9.17, 15) is 0 Å². The Morgan fingerprint density at radius 1 is 1.32 bits per heavy atom. The van der Waals surface area contributed by atoms with Crippen molar-refractivity contribution in [2.75, 3.05) is 26.7 Å². The molecule has 1 aromatic carbocycles. The van der Waals surface area contributed by atoms with Gasteiger partial charge in [-0.15, -0.1) is 0 Å². The minimum Gasteiger partial charge on any atom is -0.312 e. The van der Waals surface area contributed by atoms with Crippen LogP contribution in [0.15, 0.2) is 18.2 Å². The van der Waals surface area contributed by atoms with Gasteiger partial charge in [0.2, 0.25) is 0 Å². The maximum absolute atomic E-state index is 6.15. The Morgan fingerprint density at radius 3 is 2.63 bits per heavy atom. The van der Waals surface area contributed by atoms with E-state index in [0.717, 1.165) is 23.7 Å². The second-order valence-electron chi connectivity index (χ2n) is 6.30. The van der Waals surface area contributed by atoms with Gasteiger partial charge in [0.05, 0.1) is 0 Å². The van der Waals surface area contributed by atoms with Gasteiger partial charge in [-0.2, -0.15) is 0 Å². The molecule has 0 unspecified atom stereocenters. The molecule has 1 saturated heterocycles. The summed E-state index contributed by atoms with van der Waals surface area (Å²) in [5.41, 5.74) is 2.86. The van der Waals surface area contributed by atoms with Gasteiger partial charge >= 0.3 is 0 Å². The standard InChI is InChI=1S/C16H25ClN2/c1-13-4-5-14(10-15(13)17)11-18-12-16(2)6-8-19(3)9-7-16/h4-5,10,18H,6-9,11-12H2,1-3H3. The molecule has 19 heavy (non-hydrogen) atoms. The van der Waals surface area contributed by atoms with Crippen molar-refractivity contribution in [2.45, 2.75) is 33.2 Å². The largest absolute Gasteiger partial charge is 0.312 e. The van der Waals surface area contributed by atoms with Crippen LogP contribution in [0.3, 0.4) is 0 Å². The van der Waals surface area contributed by atoms with Gasteiger partial charge in [0, 0.05) is 18.1 Å². The third kappa shape index (κ3) is 4.20. The van der Waals surface area contributed by atoms with E-state index in [-0.39, 0.29) is 0 Å². The predicted octanol–water partition coefficient (Wildman–Crippen LogP) is 3.47. The highest BCUT2D eigenvalue weighted by atomic mass is 35.5. The Balaban J connectivity index is 1.81. The Morgan fingerprint density at radius 2 is 2.00 bits per heavy atom. The second kappa shape index (κ2) is 6.25. The first-order valence-electron chi connectivity index (χ1n) is 7.13. The van der Waals surface area contributed by atoms with Crippen molar-refractivity contribution in [3.8, 4) is 0 Å². The van der Waals surface area contributed by atoms with E-state index in [1.54, 1.807) is 0 Å². The molecule has 1 heterocycles. The summed E-state index contributed by atoms with van der Waals surface area (Å²) in [7, 11) is 2.21. The van der Waals surface area contributed by atoms with Gasteiger partial charge < -0.3 is 10.2 Å². The zero-order valence-corrected chi connectivity index (χ0v) is 13.1. The molecule has 106 valence electrons. The molecule has 1 aliphatic heterocycles. The Labute approximate surface area is 122 Å². The van der Waals surface area contributed by atoms with Gasteiger partial charge in [-0.05, 0) is 62.5 Å². The van der Waals surface area contributed by atoms with E-state index in [2.05, 4.69) is 42.4 Å². The summed E-state index contributed by atoms with van der Waals surface area (Å²) < 4.78 is 0. The highest BCUT2D eigenvalue weighted by Crippen LogP contribution is 2.29. The summed E-state index contributed by atoms with van der Waals surface area (Å²) in [4.78, 5) is 2.42. The SMILES string of the molecule is Cc1ccc(CNCC2(C)CCN(C)CC2)cc1Cl. The summed E-state index contributed by atoms with van der Waals surface area (Å²) in [6, 6.07) is 6.32. The first-order chi connectivity index (χ1) is 8.98. The summed E-state index contributed by atoms with van der Waals surface area (Å²) in [5.74, 6) is 0. The van der Waals surface area contributed by atoms with E-state index in [1.807, 2.05) is 6.92 Å². The highest BCUT2D eigenvalue weighted by Gasteiger charge is 2.28. The van der Waals surface area contributed by atoms with Crippen LogP contribution in [0.5, 0.6) is 0 Å². The average Bonchev–Trinajstić information content (AvgIpc) is 2.38. The Bertz CT molecular complexity index is 423. The summed E-state index contributed by atoms with van der Waals surface area (Å²) in [5, 5.41) is 4.46. The number of benzene rings is 1. The van der Waals surface area contributed by atoms with E-state index in [1.165, 1.54) is 31.5 Å². The minimum absolute atomic E-state index is 0.445. The van der Waals surface area contributed by atoms with E-state index in [4.69, 9.17) is 11.6 Å². The summed E-state index contributed by atoms with van der Waals surface area (Å²) in [6.07, 6.45) is 2.57. The first kappa shape index (κ1) is 14.8. The number of aryl methyl sites for hydroxylation is 1. The molecule has 0 bridgehead atoms. The van der Waals surface area contributed by atoms with Crippen molar-refractivity contribution in [2.24, 2.45) is 5.41 Å². The van der Waals surface area contributed by atoms with Crippen LogP contribution in [0, 0.1) is 12.3 Å². The lowest BCUT2D eigenvalue weighted by Crippen LogP contribution is -2.41. The molecule has 0 radical (unpaired) electrons. The van der Waals surface area contributed by atoms with E-state index < -0.39 is 0 Å². The Hall–Kier alpha value is -0.570. The number of nitrogens with zero attached hydrogens (tertiary/aromatic N) is 1. The van der Waals surface area contributed by atoms with Crippen LogP contribution in [0.1, 0.15) is 30.9 Å². The molecule has 1 aromatic rings. The number of hydrogen-bond acceptors (Lipinski definition) is 2. The van der Waals surface area contributed by atoms with Crippen LogP contribution in [0.25, 0.3) is 0 Å². The predicted molar refractivity (Wildman–Crippen MR) is 82.7 cm³/mol. The van der Waals surface area contributed by atoms with Gasteiger partial charge in [0.15, 0.2) is 0 Å². The molecule has 3 heteroatoms. The molecule has 0 aliphatic carbocycles. The fourth-order valence-corrected chi connectivity index (χ4v) is 2.79. The zero-order chi connectivity index (χ0) is 13.9. The van der Waals surface area contributed by atoms with Gasteiger partial charge in [-0.1, -0.05) is 30.7 Å². The zero-order valence-electron chi connectivity index (χ0n) is 12.3. The van der Waals surface area contributed by atoms with Crippen molar-refractivity contribution in [1.29, 1.82) is 0 Å². The lowest BCUT2D eigenvalue weighted by molar-refractivity contribution is 0.137. The maximum atomic E-state index is 6.15. The molecule has 1 fully saturated rings. The van der Waals surface area contributed by atoms with Crippen LogP contribution >= 0.6 is 11.6 Å². The minimum atomic E-state index is 0.445. The Kier molecular flexibility index (Phi) is 4.88. The fraction of sp³-hybridized carbons (Fsp3) is 0.625. The van der Waals surface area contributed by atoms with Crippen LogP contribution in [-0.2, 0) is 6.54 Å². The molecule has 0 amide bonds. The molecule has 2 rings (SSSR count). The molecule has 0 saturated carbocycles. The quantitative estimate of drug-likeness (QED) is 0.909. The van der Waals surface area contributed by atoms with Gasteiger partial charge in [0.1, 0.15) is 0 Å². The van der Waals surface area contributed by atoms with Crippen molar-refractivity contribution >= 4 is 11.6 Å². The van der Waals surface area contributed by atoms with Gasteiger partial charge in [-0.3, -0.25) is 0 Å². The lowest BCUT2D eigenvalue weighted by atomic mass is 9.80. The highest BCUT2D eigenvalue weighted by molar-refractivity contribution is 6.31. The summed E-state index contributed by atoms with van der Waals surface area (Å²) >= 11 is 6.15. The summed E-state index contributed by atoms with van der Waals surface area (Å²) in [6.45, 7) is 8.87. The lowest BCUT2D eigenvalue weighted by Gasteiger charge is -2.38. The molecular weight excluding hydrogens is 256 g/mol. The van der Waals surface area contributed by atoms with Crippen molar-refractivity contribution in [3.05, 3.63) is 34.3 Å². The average molecular weight is 281 g/mol. The molecule has 1 N–H and O–H groups in total. The second-order valence-corrected chi connectivity index (χ2v) is 6.71. The fourth-order valence-electron chi connectivity index (χ4n) is 2.59. The number of nitrogens with one attached hydrogen (secondary N) is 1. The molecule has 0 atom stereocenters.